The largest absolute Gasteiger partial charge is 0.324 e. The maximum absolute atomic E-state index is 14.2. The predicted molar refractivity (Wildman–Crippen MR) is 126 cm³/mol. The highest BCUT2D eigenvalue weighted by Crippen LogP contribution is 2.41. The van der Waals surface area contributed by atoms with Crippen molar-refractivity contribution < 1.29 is 4.39 Å². The van der Waals surface area contributed by atoms with Crippen LogP contribution in [-0.2, 0) is 19.4 Å². The SMILES string of the molecule is CN1Cc2cc(Nc3ncc(Cl)c(N4CCc5c(F)cccc54)n3)cc3c2C(CCC3)C1. The fraction of sp³-hybridized carbons (Fsp3) is 0.360. The molecule has 0 radical (unpaired) electrons. The summed E-state index contributed by atoms with van der Waals surface area (Å²) in [6.45, 7) is 2.76. The van der Waals surface area contributed by atoms with Crippen LogP contribution in [0.2, 0.25) is 5.02 Å². The lowest BCUT2D eigenvalue weighted by molar-refractivity contribution is 0.266. The minimum Gasteiger partial charge on any atom is -0.324 e. The van der Waals surface area contributed by atoms with Crippen LogP contribution < -0.4 is 10.2 Å². The minimum atomic E-state index is -0.181. The number of hydrogen-bond acceptors (Lipinski definition) is 5. The summed E-state index contributed by atoms with van der Waals surface area (Å²) in [7, 11) is 2.20. The smallest absolute Gasteiger partial charge is 0.229 e. The Kier molecular flexibility index (Phi) is 4.81. The second-order valence-corrected chi connectivity index (χ2v) is 9.53. The molecule has 0 fully saturated rings. The third-order valence-corrected chi connectivity index (χ3v) is 7.21. The second-order valence-electron chi connectivity index (χ2n) is 9.12. The average Bonchev–Trinajstić information content (AvgIpc) is 3.20. The summed E-state index contributed by atoms with van der Waals surface area (Å²) < 4.78 is 14.2. The molecule has 5 nitrogen and oxygen atoms in total. The van der Waals surface area contributed by atoms with E-state index in [1.807, 2.05) is 11.0 Å². The summed E-state index contributed by atoms with van der Waals surface area (Å²) >= 11 is 6.47. The molecule has 0 bridgehead atoms. The first-order valence-electron chi connectivity index (χ1n) is 11.3. The third kappa shape index (κ3) is 3.33. The van der Waals surface area contributed by atoms with Gasteiger partial charge in [0.15, 0.2) is 5.82 Å². The molecule has 0 saturated heterocycles. The second kappa shape index (κ2) is 7.71. The molecule has 7 heteroatoms. The number of nitrogens with zero attached hydrogens (tertiary/aromatic N) is 4. The van der Waals surface area contributed by atoms with Crippen LogP contribution in [0.3, 0.4) is 0 Å². The standard InChI is InChI=1S/C25H25ClFN5/c1-31-13-16-5-2-4-15-10-18(11-17(14-31)23(15)16)29-25-28-12-20(26)24(30-25)32-9-8-19-21(27)6-3-7-22(19)32/h3,6-7,10-12,16H,2,4-5,8-9,13-14H2,1H3,(H,28,29,30). The first kappa shape index (κ1) is 19.9. The number of aryl methyl sites for hydroxylation is 1. The zero-order valence-electron chi connectivity index (χ0n) is 18.0. The number of anilines is 4. The van der Waals surface area contributed by atoms with Gasteiger partial charge in [-0.2, -0.15) is 4.98 Å². The third-order valence-electron chi connectivity index (χ3n) is 6.94. The number of fused-ring (bicyclic) bond motifs is 1. The number of halogens is 2. The van der Waals surface area contributed by atoms with Crippen molar-refractivity contribution in [2.75, 3.05) is 30.4 Å². The normalized spacial score (nSPS) is 19.6. The zero-order valence-corrected chi connectivity index (χ0v) is 18.8. The van der Waals surface area contributed by atoms with Gasteiger partial charge in [-0.1, -0.05) is 17.7 Å². The molecule has 1 N–H and O–H groups in total. The van der Waals surface area contributed by atoms with Gasteiger partial charge in [0.05, 0.1) is 6.20 Å². The van der Waals surface area contributed by atoms with Gasteiger partial charge in [0.1, 0.15) is 10.8 Å². The van der Waals surface area contributed by atoms with E-state index in [1.165, 1.54) is 30.0 Å². The molecular formula is C25H25ClFN5. The van der Waals surface area contributed by atoms with Crippen LogP contribution in [0.1, 0.15) is 41.0 Å². The van der Waals surface area contributed by atoms with Crippen LogP contribution in [-0.4, -0.2) is 35.0 Å². The summed E-state index contributed by atoms with van der Waals surface area (Å²) in [5.74, 6) is 1.57. The number of likely N-dealkylation sites (N-methyl/N-ethyl adjacent to an activating group) is 1. The minimum absolute atomic E-state index is 0.181. The van der Waals surface area contributed by atoms with Gasteiger partial charge in [0.25, 0.3) is 0 Å². The summed E-state index contributed by atoms with van der Waals surface area (Å²) in [4.78, 5) is 13.5. The number of benzene rings is 2. The molecule has 3 aliphatic rings. The molecule has 2 aromatic carbocycles. The molecule has 2 aliphatic heterocycles. The fourth-order valence-corrected chi connectivity index (χ4v) is 5.85. The molecule has 3 heterocycles. The maximum Gasteiger partial charge on any atom is 0.229 e. The van der Waals surface area contributed by atoms with Crippen molar-refractivity contribution in [2.45, 2.75) is 38.1 Å². The lowest BCUT2D eigenvalue weighted by Crippen LogP contribution is -2.33. The Balaban J connectivity index is 1.34. The van der Waals surface area contributed by atoms with Crippen molar-refractivity contribution in [3.05, 3.63) is 69.6 Å². The molecular weight excluding hydrogens is 425 g/mol. The predicted octanol–water partition coefficient (Wildman–Crippen LogP) is 5.57. The molecule has 1 unspecified atom stereocenters. The Labute approximate surface area is 192 Å². The summed E-state index contributed by atoms with van der Waals surface area (Å²) in [5.41, 5.74) is 6.96. The van der Waals surface area contributed by atoms with Crippen molar-refractivity contribution in [3.63, 3.8) is 0 Å². The first-order valence-corrected chi connectivity index (χ1v) is 11.6. The molecule has 1 atom stereocenters. The van der Waals surface area contributed by atoms with Gasteiger partial charge < -0.3 is 15.1 Å². The van der Waals surface area contributed by atoms with Gasteiger partial charge in [0, 0.05) is 36.6 Å². The van der Waals surface area contributed by atoms with Gasteiger partial charge >= 0.3 is 0 Å². The van der Waals surface area contributed by atoms with Crippen LogP contribution in [0.5, 0.6) is 0 Å². The van der Waals surface area contributed by atoms with Gasteiger partial charge in [0.2, 0.25) is 5.95 Å². The number of hydrogen-bond donors (Lipinski definition) is 1. The number of rotatable bonds is 3. The molecule has 0 spiro atoms. The van der Waals surface area contributed by atoms with Crippen molar-refractivity contribution in [1.82, 2.24) is 14.9 Å². The van der Waals surface area contributed by atoms with Crippen molar-refractivity contribution in [3.8, 4) is 0 Å². The van der Waals surface area contributed by atoms with E-state index in [4.69, 9.17) is 16.6 Å². The molecule has 0 saturated carbocycles. The van der Waals surface area contributed by atoms with E-state index in [0.717, 1.165) is 30.9 Å². The Bertz CT molecular complexity index is 1210. The molecule has 32 heavy (non-hydrogen) atoms. The highest BCUT2D eigenvalue weighted by Gasteiger charge is 2.29. The zero-order chi connectivity index (χ0) is 21.8. The Hall–Kier alpha value is -2.70. The quantitative estimate of drug-likeness (QED) is 0.566. The van der Waals surface area contributed by atoms with E-state index in [1.54, 1.807) is 17.8 Å². The molecule has 164 valence electrons. The fourth-order valence-electron chi connectivity index (χ4n) is 5.66. The lowest BCUT2D eigenvalue weighted by Gasteiger charge is -2.37. The van der Waals surface area contributed by atoms with Gasteiger partial charge in [-0.3, -0.25) is 0 Å². The van der Waals surface area contributed by atoms with Gasteiger partial charge in [-0.25, -0.2) is 9.37 Å². The highest BCUT2D eigenvalue weighted by atomic mass is 35.5. The topological polar surface area (TPSA) is 44.3 Å². The Morgan fingerprint density at radius 2 is 2.06 bits per heavy atom. The maximum atomic E-state index is 14.2. The van der Waals surface area contributed by atoms with Crippen molar-refractivity contribution >= 4 is 34.7 Å². The molecule has 6 rings (SSSR count). The first-order chi connectivity index (χ1) is 15.6. The van der Waals surface area contributed by atoms with E-state index >= 15 is 0 Å². The Morgan fingerprint density at radius 3 is 2.97 bits per heavy atom. The monoisotopic (exact) mass is 449 g/mol. The van der Waals surface area contributed by atoms with E-state index in [9.17, 15) is 4.39 Å². The van der Waals surface area contributed by atoms with Gasteiger partial charge in [-0.05, 0) is 79.6 Å². The highest BCUT2D eigenvalue weighted by molar-refractivity contribution is 6.33. The average molecular weight is 450 g/mol. The van der Waals surface area contributed by atoms with Crippen molar-refractivity contribution in [2.24, 2.45) is 0 Å². The van der Waals surface area contributed by atoms with Gasteiger partial charge in [-0.15, -0.1) is 0 Å². The summed E-state index contributed by atoms with van der Waals surface area (Å²) in [6, 6.07) is 9.64. The van der Waals surface area contributed by atoms with Crippen LogP contribution in [0.4, 0.5) is 27.5 Å². The lowest BCUT2D eigenvalue weighted by atomic mass is 9.77. The van der Waals surface area contributed by atoms with Crippen LogP contribution in [0.15, 0.2) is 36.5 Å². The van der Waals surface area contributed by atoms with Crippen LogP contribution in [0.25, 0.3) is 0 Å². The Morgan fingerprint density at radius 1 is 1.19 bits per heavy atom. The molecule has 3 aromatic rings. The van der Waals surface area contributed by atoms with E-state index in [-0.39, 0.29) is 5.82 Å². The molecule has 1 aliphatic carbocycles. The van der Waals surface area contributed by atoms with Crippen LogP contribution >= 0.6 is 11.6 Å². The number of nitrogens with one attached hydrogen (secondary N) is 1. The van der Waals surface area contributed by atoms with E-state index in [2.05, 4.69) is 34.4 Å². The molecule has 0 amide bonds. The summed E-state index contributed by atoms with van der Waals surface area (Å²) in [6.07, 6.45) is 5.89. The number of aromatic nitrogens is 2. The summed E-state index contributed by atoms with van der Waals surface area (Å²) in [5, 5.41) is 3.86. The molecule has 1 aromatic heterocycles. The van der Waals surface area contributed by atoms with Crippen LogP contribution in [0, 0.1) is 5.82 Å². The van der Waals surface area contributed by atoms with Crippen molar-refractivity contribution in [1.29, 1.82) is 0 Å². The van der Waals surface area contributed by atoms with E-state index in [0.29, 0.717) is 41.2 Å². The van der Waals surface area contributed by atoms with E-state index < -0.39 is 0 Å².